The van der Waals surface area contributed by atoms with Crippen molar-refractivity contribution in [2.45, 2.75) is 110 Å². The highest BCUT2D eigenvalue weighted by Crippen LogP contribution is 2.08. The molecule has 0 aromatic rings. The largest absolute Gasteiger partial charge is 0.460 e. The molecule has 0 aromatic heterocycles. The van der Waals surface area contributed by atoms with Crippen molar-refractivity contribution in [3.63, 3.8) is 0 Å². The zero-order valence-electron chi connectivity index (χ0n) is 29.4. The second kappa shape index (κ2) is 35.8. The number of ether oxygens (including phenoxy) is 4. The van der Waals surface area contributed by atoms with Crippen LogP contribution in [0.4, 0.5) is 4.79 Å². The van der Waals surface area contributed by atoms with Gasteiger partial charge in [0.15, 0.2) is 6.17 Å². The molecule has 2 unspecified atom stereocenters. The van der Waals surface area contributed by atoms with E-state index in [1.54, 1.807) is 12.2 Å². The number of carbonyl (C=O) groups excluding carboxylic acids is 4. The summed E-state index contributed by atoms with van der Waals surface area (Å²) >= 11 is 0. The van der Waals surface area contributed by atoms with Crippen LogP contribution >= 0.6 is 0 Å². The number of hydroxylamine groups is 2. The molecular formula is C33H58N6O10. The van der Waals surface area contributed by atoms with Crippen molar-refractivity contribution in [3.8, 4) is 0 Å². The van der Waals surface area contributed by atoms with Crippen LogP contribution in [0.1, 0.15) is 97.3 Å². The number of rotatable bonds is 35. The minimum Gasteiger partial charge on any atom is -0.460 e. The van der Waals surface area contributed by atoms with Crippen molar-refractivity contribution in [1.82, 2.24) is 15.9 Å². The summed E-state index contributed by atoms with van der Waals surface area (Å²) < 4.78 is 20.6. The minimum atomic E-state index is -0.569. The molecule has 0 spiro atoms. The molecule has 0 aromatic carbocycles. The Kier molecular flexibility index (Phi) is 33.3. The van der Waals surface area contributed by atoms with E-state index in [0.29, 0.717) is 52.2 Å². The van der Waals surface area contributed by atoms with Gasteiger partial charge in [-0.3, -0.25) is 5.32 Å². The van der Waals surface area contributed by atoms with Gasteiger partial charge in [0.1, 0.15) is 26.1 Å². The Morgan fingerprint density at radius 3 is 2.14 bits per heavy atom. The summed E-state index contributed by atoms with van der Waals surface area (Å²) in [5.74, 6) is -0.481. The third-order valence-corrected chi connectivity index (χ3v) is 6.70. The normalized spacial score (nSPS) is 12.1. The maximum atomic E-state index is 11.9. The molecule has 2 N–H and O–H groups in total. The van der Waals surface area contributed by atoms with Crippen LogP contribution in [-0.4, -0.2) is 108 Å². The summed E-state index contributed by atoms with van der Waals surface area (Å²) in [4.78, 5) is 67.5. The second-order valence-corrected chi connectivity index (χ2v) is 10.7. The smallest absolute Gasteiger partial charge is 0.407 e. The number of hydrogen-bond donors (Lipinski definition) is 2. The van der Waals surface area contributed by atoms with Crippen molar-refractivity contribution in [3.05, 3.63) is 12.7 Å². The molecule has 280 valence electrons. The average Bonchev–Trinajstić information content (AvgIpc) is 3.09. The van der Waals surface area contributed by atoms with E-state index in [9.17, 15) is 19.2 Å². The van der Waals surface area contributed by atoms with E-state index >= 15 is 0 Å². The molecule has 0 heterocycles. The Morgan fingerprint density at radius 1 is 0.796 bits per heavy atom. The molecule has 0 bridgehead atoms. The van der Waals surface area contributed by atoms with Gasteiger partial charge in [0.25, 0.3) is 0 Å². The first-order chi connectivity index (χ1) is 24.0. The Morgan fingerprint density at radius 2 is 1.47 bits per heavy atom. The van der Waals surface area contributed by atoms with Crippen molar-refractivity contribution >= 4 is 30.6 Å². The molecule has 0 aliphatic carbocycles. The number of amides is 1. The lowest BCUT2D eigenvalue weighted by Gasteiger charge is -2.21. The third kappa shape index (κ3) is 31.5. The monoisotopic (exact) mass is 698 g/mol. The van der Waals surface area contributed by atoms with Gasteiger partial charge in [-0.2, -0.15) is 9.98 Å². The van der Waals surface area contributed by atoms with Crippen LogP contribution in [-0.2, 0) is 43.0 Å². The molecule has 1 amide bonds. The predicted octanol–water partition coefficient (Wildman–Crippen LogP) is 4.65. The number of isocyanates is 2. The van der Waals surface area contributed by atoms with E-state index in [0.717, 1.165) is 70.3 Å². The molecule has 0 saturated carbocycles. The van der Waals surface area contributed by atoms with Gasteiger partial charge < -0.3 is 29.1 Å². The molecule has 0 aliphatic heterocycles. The van der Waals surface area contributed by atoms with Gasteiger partial charge in [-0.05, 0) is 50.2 Å². The van der Waals surface area contributed by atoms with Crippen LogP contribution in [0.5, 0.6) is 0 Å². The van der Waals surface area contributed by atoms with Crippen LogP contribution in [0.3, 0.4) is 0 Å². The number of unbranched alkanes of at least 4 members (excludes halogenated alkanes) is 7. The molecule has 0 saturated heterocycles. The zero-order valence-corrected chi connectivity index (χ0v) is 29.4. The number of aliphatic imine (C=N–C) groups is 3. The molecule has 2 atom stereocenters. The Bertz CT molecular complexity index is 960. The van der Waals surface area contributed by atoms with E-state index in [4.69, 9.17) is 28.6 Å². The highest BCUT2D eigenvalue weighted by Gasteiger charge is 2.11. The highest BCUT2D eigenvalue weighted by atomic mass is 16.9. The number of alkyl carbamates (subject to hydrolysis) is 1. The lowest BCUT2D eigenvalue weighted by Crippen LogP contribution is -2.35. The number of nitrogens with one attached hydrogen (secondary N) is 2. The lowest BCUT2D eigenvalue weighted by molar-refractivity contribution is -0.328. The summed E-state index contributed by atoms with van der Waals surface area (Å²) in [6.45, 7) is 10.2. The minimum absolute atomic E-state index is 0.0459. The first-order valence-electron chi connectivity index (χ1n) is 17.3. The standard InChI is InChI=1S/C33H58N6O10/c1-4-7-11-16-30(35-26-40)37-28-48-39(49-29-38-31(36-27-41)17-12-8-5-2)19-14-10-9-13-18-34-33(43)47-25-23-45-21-15-20-44-22-24-46-32(42)6-3/h6,28,30-31,38H,3-5,7-25,29H2,1-2H3,(H,34,43). The first kappa shape index (κ1) is 45.5. The molecule has 16 nitrogen and oxygen atoms in total. The Hall–Kier alpha value is -3.49. The molecular weight excluding hydrogens is 640 g/mol. The lowest BCUT2D eigenvalue weighted by atomic mass is 10.2. The summed E-state index contributed by atoms with van der Waals surface area (Å²) in [6.07, 6.45) is 15.1. The Labute approximate surface area is 291 Å². The highest BCUT2D eigenvalue weighted by molar-refractivity contribution is 5.81. The van der Waals surface area contributed by atoms with Gasteiger partial charge in [0.2, 0.25) is 18.6 Å². The van der Waals surface area contributed by atoms with Crippen LogP contribution in [0.2, 0.25) is 0 Å². The van der Waals surface area contributed by atoms with Crippen LogP contribution in [0, 0.1) is 0 Å². The maximum Gasteiger partial charge on any atom is 0.407 e. The van der Waals surface area contributed by atoms with E-state index in [2.05, 4.69) is 46.0 Å². The van der Waals surface area contributed by atoms with Crippen molar-refractivity contribution < 1.29 is 47.8 Å². The molecule has 0 radical (unpaired) electrons. The van der Waals surface area contributed by atoms with Gasteiger partial charge in [-0.1, -0.05) is 59.0 Å². The van der Waals surface area contributed by atoms with Crippen molar-refractivity contribution in [2.24, 2.45) is 15.0 Å². The third-order valence-electron chi connectivity index (χ3n) is 6.70. The fourth-order valence-corrected chi connectivity index (χ4v) is 4.06. The molecule has 49 heavy (non-hydrogen) atoms. The second-order valence-electron chi connectivity index (χ2n) is 10.7. The van der Waals surface area contributed by atoms with Crippen LogP contribution in [0.25, 0.3) is 0 Å². The average molecular weight is 699 g/mol. The zero-order chi connectivity index (χ0) is 36.0. The fraction of sp³-hybridized carbons (Fsp3) is 0.788. The van der Waals surface area contributed by atoms with Gasteiger partial charge in [0, 0.05) is 25.8 Å². The summed E-state index contributed by atoms with van der Waals surface area (Å²) in [5.41, 5.74) is 0. The summed E-state index contributed by atoms with van der Waals surface area (Å²) in [7, 11) is 0. The molecule has 16 heteroatoms. The van der Waals surface area contributed by atoms with E-state index in [1.807, 2.05) is 0 Å². The van der Waals surface area contributed by atoms with Gasteiger partial charge in [0.05, 0.1) is 19.8 Å². The van der Waals surface area contributed by atoms with Gasteiger partial charge in [-0.25, -0.2) is 29.0 Å². The van der Waals surface area contributed by atoms with Gasteiger partial charge >= 0.3 is 12.1 Å². The van der Waals surface area contributed by atoms with E-state index in [-0.39, 0.29) is 26.6 Å². The summed E-state index contributed by atoms with van der Waals surface area (Å²) in [6, 6.07) is 0. The van der Waals surface area contributed by atoms with Crippen molar-refractivity contribution in [1.29, 1.82) is 0 Å². The summed E-state index contributed by atoms with van der Waals surface area (Å²) in [5, 5.41) is 7.07. The van der Waals surface area contributed by atoms with Crippen LogP contribution < -0.4 is 10.6 Å². The van der Waals surface area contributed by atoms with Crippen molar-refractivity contribution in [2.75, 3.05) is 59.5 Å². The van der Waals surface area contributed by atoms with E-state index in [1.165, 1.54) is 11.6 Å². The number of nitrogens with zero attached hydrogens (tertiary/aromatic N) is 4. The van der Waals surface area contributed by atoms with E-state index < -0.39 is 24.4 Å². The number of carbonyl (C=O) groups is 2. The maximum absolute atomic E-state index is 11.9. The topological polar surface area (TPSA) is 188 Å². The SMILES string of the molecule is C=CC(=O)OCCOCCCOCCOC(=O)NCCCCCCN(OC=NC(CCCCC)N=C=O)OCNC(CCCCC)N=C=O. The predicted molar refractivity (Wildman–Crippen MR) is 183 cm³/mol. The molecule has 0 fully saturated rings. The quantitative estimate of drug-likeness (QED) is 0.0137. The first-order valence-corrected chi connectivity index (χ1v) is 17.3. The fourth-order valence-electron chi connectivity index (χ4n) is 4.06. The molecule has 0 rings (SSSR count). The molecule has 0 aliphatic rings. The number of esters is 1. The Balaban J connectivity index is 4.31. The van der Waals surface area contributed by atoms with Gasteiger partial charge in [-0.15, -0.1) is 0 Å². The number of hydrogen-bond acceptors (Lipinski definition) is 15. The van der Waals surface area contributed by atoms with Crippen LogP contribution in [0.15, 0.2) is 27.6 Å².